The highest BCUT2D eigenvalue weighted by molar-refractivity contribution is 7.91. The minimum absolute atomic E-state index is 0.0479. The van der Waals surface area contributed by atoms with Crippen LogP contribution in [0.1, 0.15) is 13.3 Å². The first-order chi connectivity index (χ1) is 12.4. The van der Waals surface area contributed by atoms with Gasteiger partial charge >= 0.3 is 5.16 Å². The number of fused-ring (bicyclic) bond motifs is 1. The molecule has 0 aliphatic rings. The van der Waals surface area contributed by atoms with E-state index in [-0.39, 0.29) is 20.6 Å². The Bertz CT molecular complexity index is 1110. The molecule has 3 aromatic rings. The normalized spacial score (nSPS) is 13.0. The Kier molecular flexibility index (Phi) is 5.12. The third-order valence-electron chi connectivity index (χ3n) is 3.82. The lowest BCUT2D eigenvalue weighted by atomic mass is 10.3. The van der Waals surface area contributed by atoms with Gasteiger partial charge in [0, 0.05) is 29.3 Å². The van der Waals surface area contributed by atoms with Crippen molar-refractivity contribution in [3.05, 3.63) is 52.9 Å². The Morgan fingerprint density at radius 2 is 1.92 bits per heavy atom. The van der Waals surface area contributed by atoms with Gasteiger partial charge in [-0.3, -0.25) is 9.36 Å². The molecule has 7 nitrogen and oxygen atoms in total. The molecule has 0 N–H and O–H groups in total. The zero-order valence-electron chi connectivity index (χ0n) is 14.2. The summed E-state index contributed by atoms with van der Waals surface area (Å²) in [5, 5.41) is 0.502. The second kappa shape index (κ2) is 7.18. The predicted molar refractivity (Wildman–Crippen MR) is 98.3 cm³/mol. The maximum Gasteiger partial charge on any atom is 0.344 e. The van der Waals surface area contributed by atoms with E-state index in [0.717, 1.165) is 0 Å². The molecule has 0 aliphatic carbocycles. The Labute approximate surface area is 153 Å². The van der Waals surface area contributed by atoms with Gasteiger partial charge in [-0.1, -0.05) is 25.1 Å². The van der Waals surface area contributed by atoms with Crippen LogP contribution in [0.5, 0.6) is 0 Å². The zero-order valence-corrected chi connectivity index (χ0v) is 15.9. The summed E-state index contributed by atoms with van der Waals surface area (Å²) < 4.78 is 38.8. The third kappa shape index (κ3) is 3.25. The van der Waals surface area contributed by atoms with Crippen molar-refractivity contribution in [3.63, 3.8) is 0 Å². The first kappa shape index (κ1) is 18.6. The molecule has 0 fully saturated rings. The summed E-state index contributed by atoms with van der Waals surface area (Å²) in [4.78, 5) is 20.9. The maximum absolute atomic E-state index is 12.9. The summed E-state index contributed by atoms with van der Waals surface area (Å²) in [6, 6.07) is 9.09. The van der Waals surface area contributed by atoms with Gasteiger partial charge < -0.3 is 4.55 Å². The van der Waals surface area contributed by atoms with E-state index in [1.54, 1.807) is 18.2 Å². The first-order valence-electron chi connectivity index (χ1n) is 7.90. The highest BCUT2D eigenvalue weighted by atomic mass is 32.2. The van der Waals surface area contributed by atoms with Gasteiger partial charge in [0.05, 0.1) is 4.90 Å². The van der Waals surface area contributed by atoms with Crippen LogP contribution in [0.15, 0.2) is 62.3 Å². The second-order valence-electron chi connectivity index (χ2n) is 5.67. The molecule has 0 saturated carbocycles. The number of sulfone groups is 1. The van der Waals surface area contributed by atoms with E-state index in [1.165, 1.54) is 35.2 Å². The number of aryl methyl sites for hydroxylation is 1. The first-order valence-corrected chi connectivity index (χ1v) is 10.9. The van der Waals surface area contributed by atoms with Crippen LogP contribution in [-0.2, 0) is 27.6 Å². The summed E-state index contributed by atoms with van der Waals surface area (Å²) in [7, 11) is -3.98. The molecule has 0 spiro atoms. The molecule has 1 unspecified atom stereocenters. The number of hydrogen-bond acceptors (Lipinski definition) is 6. The van der Waals surface area contributed by atoms with E-state index in [2.05, 4.69) is 9.97 Å². The number of hydrogen-bond donors (Lipinski definition) is 0. The zero-order chi connectivity index (χ0) is 18.9. The molecule has 136 valence electrons. The van der Waals surface area contributed by atoms with Gasteiger partial charge in [0.15, 0.2) is 5.65 Å². The second-order valence-corrected chi connectivity index (χ2v) is 8.86. The van der Waals surface area contributed by atoms with Gasteiger partial charge in [-0.15, -0.1) is 0 Å². The lowest BCUT2D eigenvalue weighted by Crippen LogP contribution is -2.27. The van der Waals surface area contributed by atoms with E-state index < -0.39 is 26.6 Å². The molecule has 26 heavy (non-hydrogen) atoms. The minimum atomic E-state index is -3.98. The van der Waals surface area contributed by atoms with Gasteiger partial charge in [-0.25, -0.2) is 8.42 Å². The van der Waals surface area contributed by atoms with Crippen molar-refractivity contribution < 1.29 is 13.0 Å². The van der Waals surface area contributed by atoms with Crippen molar-refractivity contribution in [1.29, 1.82) is 0 Å². The standard InChI is InChI=1S/C17H17N3O4S2/c1-3-9-20-15-12(11-18-17(19-15)25(2)22)10-14(16(20)21)26(23,24)13-7-5-4-6-8-13/h4-8,10-11H,3,9H2,1-2H3. The maximum atomic E-state index is 12.9. The predicted octanol–water partition coefficient (Wildman–Crippen LogP) is 1.77. The van der Waals surface area contributed by atoms with Gasteiger partial charge in [0.25, 0.3) is 5.56 Å². The van der Waals surface area contributed by atoms with E-state index in [1.807, 2.05) is 6.92 Å². The summed E-state index contributed by atoms with van der Waals surface area (Å²) >= 11 is -1.41. The molecule has 1 aromatic carbocycles. The third-order valence-corrected chi connectivity index (χ3v) is 6.29. The molecule has 0 bridgehead atoms. The quantitative estimate of drug-likeness (QED) is 0.485. The fraction of sp³-hybridized carbons (Fsp3) is 0.235. The van der Waals surface area contributed by atoms with Crippen molar-refractivity contribution in [2.45, 2.75) is 34.8 Å². The van der Waals surface area contributed by atoms with Crippen molar-refractivity contribution >= 4 is 32.0 Å². The van der Waals surface area contributed by atoms with Gasteiger partial charge in [0.2, 0.25) is 9.84 Å². The molecule has 9 heteroatoms. The molecular formula is C17H17N3O4S2. The Hall–Kier alpha value is -2.23. The lowest BCUT2D eigenvalue weighted by molar-refractivity contribution is 0.586. The molecule has 0 aliphatic heterocycles. The molecule has 2 aromatic heterocycles. The van der Waals surface area contributed by atoms with Crippen LogP contribution >= 0.6 is 0 Å². The topological polar surface area (TPSA) is 105 Å². The Balaban J connectivity index is 2.33. The van der Waals surface area contributed by atoms with Crippen LogP contribution in [0.4, 0.5) is 0 Å². The summed E-state index contributed by atoms with van der Waals surface area (Å²) in [6.07, 6.45) is 3.45. The van der Waals surface area contributed by atoms with Crippen LogP contribution in [-0.4, -0.2) is 33.8 Å². The Morgan fingerprint density at radius 3 is 2.54 bits per heavy atom. The van der Waals surface area contributed by atoms with Gasteiger partial charge in [-0.2, -0.15) is 9.97 Å². The van der Waals surface area contributed by atoms with Crippen LogP contribution in [0.2, 0.25) is 0 Å². The summed E-state index contributed by atoms with van der Waals surface area (Å²) in [5.41, 5.74) is -0.362. The van der Waals surface area contributed by atoms with Crippen molar-refractivity contribution in [2.24, 2.45) is 0 Å². The molecule has 0 radical (unpaired) electrons. The fourth-order valence-electron chi connectivity index (χ4n) is 2.61. The molecular weight excluding hydrogens is 374 g/mol. The average molecular weight is 391 g/mol. The monoisotopic (exact) mass is 391 g/mol. The van der Waals surface area contributed by atoms with E-state index in [4.69, 9.17) is 0 Å². The van der Waals surface area contributed by atoms with E-state index in [0.29, 0.717) is 18.4 Å². The number of rotatable bonds is 5. The highest BCUT2D eigenvalue weighted by Gasteiger charge is 2.25. The van der Waals surface area contributed by atoms with Gasteiger partial charge in [-0.05, 0) is 24.6 Å². The largest absolute Gasteiger partial charge is 0.609 e. The van der Waals surface area contributed by atoms with Crippen molar-refractivity contribution in [1.82, 2.24) is 14.5 Å². The summed E-state index contributed by atoms with van der Waals surface area (Å²) in [5.74, 6) is 0. The van der Waals surface area contributed by atoms with Crippen LogP contribution in [0.3, 0.4) is 0 Å². The SMILES string of the molecule is CCCn1c(=O)c(S(=O)(=O)c2ccccc2)cc2cnc([S+](C)[O-])nc21. The van der Waals surface area contributed by atoms with Crippen molar-refractivity contribution in [2.75, 3.05) is 6.26 Å². The van der Waals surface area contributed by atoms with Crippen LogP contribution in [0.25, 0.3) is 11.0 Å². The number of nitrogens with zero attached hydrogens (tertiary/aromatic N) is 3. The lowest BCUT2D eigenvalue weighted by Gasteiger charge is -2.12. The van der Waals surface area contributed by atoms with Crippen molar-refractivity contribution in [3.8, 4) is 0 Å². The number of benzene rings is 1. The molecule has 2 heterocycles. The van der Waals surface area contributed by atoms with Gasteiger partial charge in [0.1, 0.15) is 11.2 Å². The van der Waals surface area contributed by atoms with E-state index >= 15 is 0 Å². The highest BCUT2D eigenvalue weighted by Crippen LogP contribution is 2.21. The van der Waals surface area contributed by atoms with E-state index in [9.17, 15) is 17.8 Å². The molecule has 1 atom stereocenters. The van der Waals surface area contributed by atoms with Crippen LogP contribution in [0, 0.1) is 0 Å². The molecule has 3 rings (SSSR count). The number of pyridine rings is 1. The van der Waals surface area contributed by atoms with Crippen LogP contribution < -0.4 is 5.56 Å². The summed E-state index contributed by atoms with van der Waals surface area (Å²) in [6.45, 7) is 2.16. The molecule has 0 saturated heterocycles. The average Bonchev–Trinajstić information content (AvgIpc) is 2.64. The number of aromatic nitrogens is 3. The molecule has 0 amide bonds. The smallest absolute Gasteiger partial charge is 0.344 e. The Morgan fingerprint density at radius 1 is 1.23 bits per heavy atom. The minimum Gasteiger partial charge on any atom is -0.609 e. The fourth-order valence-corrected chi connectivity index (χ4v) is 4.41.